The van der Waals surface area contributed by atoms with Crippen LogP contribution in [0.5, 0.6) is 0 Å². The van der Waals surface area contributed by atoms with Crippen molar-refractivity contribution in [3.63, 3.8) is 0 Å². The second kappa shape index (κ2) is 9.19. The third-order valence-corrected chi connectivity index (χ3v) is 7.95. The van der Waals surface area contributed by atoms with Crippen LogP contribution in [0.15, 0.2) is 41.3 Å². The predicted octanol–water partition coefficient (Wildman–Crippen LogP) is 6.13. The third kappa shape index (κ3) is 4.85. The number of rotatable bonds is 4. The fourth-order valence-corrected chi connectivity index (χ4v) is 6.20. The first-order valence-electron chi connectivity index (χ1n) is 11.2. The van der Waals surface area contributed by atoms with Gasteiger partial charge in [0.15, 0.2) is 0 Å². The highest BCUT2D eigenvalue weighted by atomic mass is 35.5. The van der Waals surface area contributed by atoms with E-state index in [1.165, 1.54) is 0 Å². The number of sulfonamides is 1. The highest BCUT2D eigenvalue weighted by molar-refractivity contribution is 7.89. The Morgan fingerprint density at radius 2 is 1.74 bits per heavy atom. The standard InChI is InChI=1S/C20H18Cl2N2O2S.C5H10O2/c21-12-9-7-11(8-10-12)13-3-1-4-14(20(13)27(23,25)26)18-19-17-15(22)5-2-6-16(17)24(18)19;1-5(2,3)7-4-6/h1-6,11-12H,7-10H2,(H2,23,25,26);4H,1-3H3. The van der Waals surface area contributed by atoms with E-state index in [1.807, 2.05) is 61.7 Å². The molecule has 0 aromatic heterocycles. The van der Waals surface area contributed by atoms with E-state index in [1.54, 1.807) is 0 Å². The number of nitrogens with zero attached hydrogens (tertiary/aromatic N) is 1. The molecular weight excluding hydrogens is 495 g/mol. The number of carbonyl (C=O) groups is 1. The number of carbonyl (C=O) groups excluding carboxylic acids is 1. The molecule has 0 saturated heterocycles. The van der Waals surface area contributed by atoms with Crippen LogP contribution in [0.25, 0.3) is 27.8 Å². The number of ether oxygens (including phenoxy) is 1. The molecule has 2 N–H and O–H groups in total. The van der Waals surface area contributed by atoms with E-state index >= 15 is 0 Å². The number of hydrogen-bond donors (Lipinski definition) is 1. The summed E-state index contributed by atoms with van der Waals surface area (Å²) in [6.45, 7) is 5.92. The lowest BCUT2D eigenvalue weighted by atomic mass is 9.83. The molecule has 182 valence electrons. The Morgan fingerprint density at radius 1 is 1.09 bits per heavy atom. The molecule has 2 aromatic rings. The van der Waals surface area contributed by atoms with Crippen LogP contribution in [-0.4, -0.2) is 30.4 Å². The summed E-state index contributed by atoms with van der Waals surface area (Å²) in [4.78, 5) is 9.85. The van der Waals surface area contributed by atoms with E-state index in [-0.39, 0.29) is 21.8 Å². The van der Waals surface area contributed by atoms with E-state index in [0.717, 1.165) is 53.5 Å². The molecule has 0 atom stereocenters. The summed E-state index contributed by atoms with van der Waals surface area (Å²) in [7, 11) is -3.88. The largest absolute Gasteiger partial charge is 0.462 e. The molecule has 0 radical (unpaired) electrons. The minimum Gasteiger partial charge on any atom is -0.462 e. The maximum absolute atomic E-state index is 12.6. The van der Waals surface area contributed by atoms with E-state index in [9.17, 15) is 13.2 Å². The van der Waals surface area contributed by atoms with E-state index in [4.69, 9.17) is 28.3 Å². The van der Waals surface area contributed by atoms with Crippen LogP contribution < -0.4 is 5.14 Å². The summed E-state index contributed by atoms with van der Waals surface area (Å²) in [5.74, 6) is 0.163. The molecule has 0 amide bonds. The fourth-order valence-electron chi connectivity index (χ4n) is 4.65. The van der Waals surface area contributed by atoms with Crippen LogP contribution in [0, 0.1) is 0 Å². The average Bonchev–Trinajstić information content (AvgIpc) is 3.38. The van der Waals surface area contributed by atoms with Crippen LogP contribution in [0.2, 0.25) is 5.02 Å². The highest BCUT2D eigenvalue weighted by Gasteiger charge is 2.38. The molecule has 6 nitrogen and oxygen atoms in total. The number of halogens is 2. The zero-order valence-electron chi connectivity index (χ0n) is 19.3. The van der Waals surface area contributed by atoms with Crippen molar-refractivity contribution in [3.8, 4) is 16.9 Å². The molecule has 5 rings (SSSR count). The molecule has 0 unspecified atom stereocenters. The van der Waals surface area contributed by atoms with Crippen molar-refractivity contribution in [2.75, 3.05) is 0 Å². The summed E-state index contributed by atoms with van der Waals surface area (Å²) in [5.41, 5.74) is 4.08. The molecule has 1 saturated carbocycles. The molecule has 1 fully saturated rings. The normalized spacial score (nSPS) is 19.4. The van der Waals surface area contributed by atoms with Gasteiger partial charge in [-0.2, -0.15) is 0 Å². The lowest BCUT2D eigenvalue weighted by molar-refractivity contribution is -0.138. The van der Waals surface area contributed by atoms with Crippen LogP contribution in [0.3, 0.4) is 0 Å². The average molecular weight is 523 g/mol. The summed E-state index contributed by atoms with van der Waals surface area (Å²) in [5, 5.41) is 7.53. The SMILES string of the molecule is CC(C)(C)OC=O.NS(=O)(=O)c1c(-c2c3c4c(Cl)cccc4n2-3)cccc1C1CCC(Cl)CC1. The van der Waals surface area contributed by atoms with Crippen molar-refractivity contribution < 1.29 is 17.9 Å². The Balaban J connectivity index is 0.000000344. The summed E-state index contributed by atoms with van der Waals surface area (Å²) >= 11 is 12.6. The molecule has 0 spiro atoms. The zero-order valence-corrected chi connectivity index (χ0v) is 21.7. The van der Waals surface area contributed by atoms with Crippen LogP contribution >= 0.6 is 23.2 Å². The molecule has 3 aliphatic rings. The van der Waals surface area contributed by atoms with Gasteiger partial charge in [0.05, 0.1) is 26.8 Å². The first-order valence-corrected chi connectivity index (χ1v) is 13.5. The number of hydrogen-bond acceptors (Lipinski definition) is 4. The van der Waals surface area contributed by atoms with Crippen molar-refractivity contribution in [2.45, 2.75) is 68.2 Å². The molecular formula is C25H28Cl2N2O4S. The second-order valence-electron chi connectivity index (χ2n) is 9.71. The Morgan fingerprint density at radius 3 is 2.26 bits per heavy atom. The van der Waals surface area contributed by atoms with Crippen molar-refractivity contribution in [1.82, 2.24) is 4.57 Å². The molecule has 0 bridgehead atoms. The first-order chi connectivity index (χ1) is 15.9. The van der Waals surface area contributed by atoms with Crippen molar-refractivity contribution in [3.05, 3.63) is 47.0 Å². The van der Waals surface area contributed by atoms with Crippen molar-refractivity contribution in [2.24, 2.45) is 5.14 Å². The topological polar surface area (TPSA) is 91.4 Å². The number of aromatic nitrogens is 1. The lowest BCUT2D eigenvalue weighted by Crippen LogP contribution is -2.20. The maximum atomic E-state index is 12.6. The molecule has 2 heterocycles. The van der Waals surface area contributed by atoms with Crippen LogP contribution in [0.4, 0.5) is 0 Å². The van der Waals surface area contributed by atoms with Gasteiger partial charge in [-0.05, 0) is 70.1 Å². The molecule has 2 aliphatic heterocycles. The number of primary sulfonamides is 1. The van der Waals surface area contributed by atoms with Gasteiger partial charge in [-0.1, -0.05) is 35.9 Å². The Kier molecular flexibility index (Phi) is 6.77. The van der Waals surface area contributed by atoms with E-state index < -0.39 is 10.0 Å². The molecule has 2 aromatic carbocycles. The van der Waals surface area contributed by atoms with Gasteiger partial charge in [-0.3, -0.25) is 4.79 Å². The van der Waals surface area contributed by atoms with Gasteiger partial charge in [0, 0.05) is 16.3 Å². The van der Waals surface area contributed by atoms with Gasteiger partial charge < -0.3 is 9.30 Å². The Labute approximate surface area is 210 Å². The van der Waals surface area contributed by atoms with Gasteiger partial charge >= 0.3 is 0 Å². The molecule has 9 heteroatoms. The predicted molar refractivity (Wildman–Crippen MR) is 136 cm³/mol. The quantitative estimate of drug-likeness (QED) is 0.257. The summed E-state index contributed by atoms with van der Waals surface area (Å²) in [6.07, 6.45) is 3.53. The zero-order chi connectivity index (χ0) is 24.8. The van der Waals surface area contributed by atoms with Crippen LogP contribution in [-0.2, 0) is 19.6 Å². The summed E-state index contributed by atoms with van der Waals surface area (Å²) < 4.78 is 31.7. The smallest absolute Gasteiger partial charge is 0.293 e. The molecule has 34 heavy (non-hydrogen) atoms. The van der Waals surface area contributed by atoms with Crippen molar-refractivity contribution >= 4 is 50.6 Å². The summed E-state index contributed by atoms with van der Waals surface area (Å²) in [6, 6.07) is 11.4. The maximum Gasteiger partial charge on any atom is 0.293 e. The molecule has 1 aliphatic carbocycles. The number of nitrogens with two attached hydrogens (primary N) is 1. The van der Waals surface area contributed by atoms with Gasteiger partial charge in [0.1, 0.15) is 5.60 Å². The minimum atomic E-state index is -3.88. The van der Waals surface area contributed by atoms with Crippen molar-refractivity contribution in [1.29, 1.82) is 0 Å². The monoisotopic (exact) mass is 522 g/mol. The second-order valence-corrected chi connectivity index (χ2v) is 12.2. The van der Waals surface area contributed by atoms with Gasteiger partial charge in [-0.25, -0.2) is 13.6 Å². The van der Waals surface area contributed by atoms with E-state index in [0.29, 0.717) is 17.1 Å². The Hall–Kier alpha value is -2.06. The first kappa shape index (κ1) is 25.0. The highest BCUT2D eigenvalue weighted by Crippen LogP contribution is 2.55. The number of fused-ring (bicyclic) bond motifs is 4. The third-order valence-electron chi connectivity index (χ3n) is 6.17. The van der Waals surface area contributed by atoms with E-state index in [2.05, 4.69) is 4.74 Å². The number of benzene rings is 2. The number of alkyl halides is 1. The van der Waals surface area contributed by atoms with Crippen LogP contribution in [0.1, 0.15) is 57.9 Å². The Bertz CT molecular complexity index is 1350. The van der Waals surface area contributed by atoms with Gasteiger partial charge in [-0.15, -0.1) is 11.6 Å². The van der Waals surface area contributed by atoms with Gasteiger partial charge in [0.2, 0.25) is 10.0 Å². The fraction of sp³-hybridized carbons (Fsp3) is 0.400. The lowest BCUT2D eigenvalue weighted by Gasteiger charge is -2.27. The van der Waals surface area contributed by atoms with Gasteiger partial charge in [0.25, 0.3) is 6.47 Å². The minimum absolute atomic E-state index is 0.163.